The highest BCUT2D eigenvalue weighted by Crippen LogP contribution is 2.21. The molecule has 0 aliphatic heterocycles. The molecule has 0 saturated carbocycles. The molecule has 1 heterocycles. The highest BCUT2D eigenvalue weighted by Gasteiger charge is 2.26. The average Bonchev–Trinajstić information content (AvgIpc) is 3.32. The number of H-pyrrole nitrogens is 1. The van der Waals surface area contributed by atoms with Crippen molar-refractivity contribution in [2.24, 2.45) is 28.1 Å². The summed E-state index contributed by atoms with van der Waals surface area (Å²) in [6.07, 6.45) is 2.77. The van der Waals surface area contributed by atoms with Gasteiger partial charge < -0.3 is 37.7 Å². The molecule has 0 bridgehead atoms. The van der Waals surface area contributed by atoms with E-state index in [1.165, 1.54) is 0 Å². The Morgan fingerprint density at radius 3 is 2.37 bits per heavy atom. The highest BCUT2D eigenvalue weighted by atomic mass is 16.4. The number of benzene rings is 1. The molecule has 1 aromatic heterocycles. The smallest absolute Gasteiger partial charge is 0.306 e. The number of amides is 1. The molecular formula is C28H40N6O7. The van der Waals surface area contributed by atoms with E-state index in [1.54, 1.807) is 6.20 Å². The number of rotatable bonds is 20. The third-order valence-corrected chi connectivity index (χ3v) is 6.75. The van der Waals surface area contributed by atoms with Gasteiger partial charge in [-0.3, -0.25) is 29.0 Å². The number of para-hydroxylation sites is 1. The number of carbonyl (C=O) groups excluding carboxylic acids is 3. The summed E-state index contributed by atoms with van der Waals surface area (Å²) >= 11 is 0. The molecule has 0 spiro atoms. The zero-order valence-corrected chi connectivity index (χ0v) is 23.0. The molecule has 1 aromatic carbocycles. The molecule has 224 valence electrons. The van der Waals surface area contributed by atoms with E-state index in [-0.39, 0.29) is 68.9 Å². The molecular weight excluding hydrogens is 532 g/mol. The number of nitrogens with zero attached hydrogens (tertiary/aromatic N) is 1. The normalized spacial score (nSPS) is 13.2. The molecule has 41 heavy (non-hydrogen) atoms. The van der Waals surface area contributed by atoms with Crippen molar-refractivity contribution in [3.05, 3.63) is 36.0 Å². The zero-order chi connectivity index (χ0) is 30.4. The van der Waals surface area contributed by atoms with Gasteiger partial charge in [0.2, 0.25) is 5.91 Å². The average molecular weight is 573 g/mol. The summed E-state index contributed by atoms with van der Waals surface area (Å²) < 4.78 is 0. The van der Waals surface area contributed by atoms with Crippen LogP contribution in [0.4, 0.5) is 0 Å². The fraction of sp³-hybridized carbons (Fsp3) is 0.500. The monoisotopic (exact) mass is 572 g/mol. The van der Waals surface area contributed by atoms with Crippen LogP contribution in [-0.2, 0) is 30.4 Å². The molecule has 10 N–H and O–H groups in total. The van der Waals surface area contributed by atoms with Gasteiger partial charge in [-0.05, 0) is 43.7 Å². The number of hydrogen-bond acceptors (Lipinski definition) is 7. The van der Waals surface area contributed by atoms with Crippen molar-refractivity contribution in [1.29, 1.82) is 0 Å². The lowest BCUT2D eigenvalue weighted by Gasteiger charge is -2.20. The van der Waals surface area contributed by atoms with Crippen LogP contribution in [0.25, 0.3) is 10.9 Å². The highest BCUT2D eigenvalue weighted by molar-refractivity contribution is 5.92. The van der Waals surface area contributed by atoms with Gasteiger partial charge >= 0.3 is 11.9 Å². The van der Waals surface area contributed by atoms with Crippen LogP contribution in [0.3, 0.4) is 0 Å². The van der Waals surface area contributed by atoms with E-state index in [9.17, 15) is 29.1 Å². The van der Waals surface area contributed by atoms with Crippen molar-refractivity contribution < 1.29 is 34.2 Å². The Labute approximate surface area is 237 Å². The zero-order valence-electron chi connectivity index (χ0n) is 23.0. The second kappa shape index (κ2) is 16.8. The summed E-state index contributed by atoms with van der Waals surface area (Å²) in [6, 6.07) is 5.78. The van der Waals surface area contributed by atoms with Crippen molar-refractivity contribution in [2.45, 2.75) is 76.3 Å². The molecule has 0 aliphatic carbocycles. The molecule has 3 atom stereocenters. The van der Waals surface area contributed by atoms with Crippen LogP contribution in [0.5, 0.6) is 0 Å². The second-order valence-electron chi connectivity index (χ2n) is 10.1. The maximum absolute atomic E-state index is 13.3. The summed E-state index contributed by atoms with van der Waals surface area (Å²) in [6.45, 7) is 0.313. The molecule has 13 nitrogen and oxygen atoms in total. The van der Waals surface area contributed by atoms with Crippen LogP contribution in [0.2, 0.25) is 0 Å². The van der Waals surface area contributed by atoms with Crippen molar-refractivity contribution >= 4 is 46.3 Å². The number of ketones is 2. The van der Waals surface area contributed by atoms with Crippen molar-refractivity contribution in [3.8, 4) is 0 Å². The van der Waals surface area contributed by atoms with E-state index in [2.05, 4.69) is 15.3 Å². The maximum Gasteiger partial charge on any atom is 0.306 e. The molecule has 0 aliphatic rings. The molecule has 2 aromatic rings. The number of aliphatic imine (C=N–C) groups is 1. The van der Waals surface area contributed by atoms with Gasteiger partial charge in [0.25, 0.3) is 0 Å². The SMILES string of the molecule is NC(N)=NCCC[C@H](N)C(=O)N[C@H](Cc1c[nH]c2ccccc12)C(=O)CCC[C@@H](CC(=O)CCCC(=O)O)C(=O)O. The standard InChI is InChI=1S/C28H40N6O7/c29-21(9-5-13-32-28(30)31)26(39)34-23(15-18-16-33-22-10-2-1-8-20(18)22)24(36)11-3-6-17(27(40)41)14-19(35)7-4-12-25(37)38/h1-2,8,10,16-17,21,23,33H,3-7,9,11-15,29H2,(H,34,39)(H,37,38)(H,40,41)(H4,30,31,32)/t17-,21-,23+/m0/s1. The number of carboxylic acids is 2. The van der Waals surface area contributed by atoms with E-state index in [0.29, 0.717) is 19.4 Å². The van der Waals surface area contributed by atoms with E-state index >= 15 is 0 Å². The molecule has 0 saturated heterocycles. The topological polar surface area (TPSA) is 244 Å². The quantitative estimate of drug-likeness (QED) is 0.0679. The third kappa shape index (κ3) is 11.8. The number of carboxylic acid groups (broad SMARTS) is 2. The lowest BCUT2D eigenvalue weighted by Crippen LogP contribution is -2.49. The van der Waals surface area contributed by atoms with Gasteiger partial charge in [0, 0.05) is 55.7 Å². The Morgan fingerprint density at radius 1 is 0.951 bits per heavy atom. The number of aliphatic carboxylic acids is 2. The Morgan fingerprint density at radius 2 is 1.68 bits per heavy atom. The molecule has 0 unspecified atom stereocenters. The number of nitrogens with two attached hydrogens (primary N) is 3. The summed E-state index contributed by atoms with van der Waals surface area (Å²) in [7, 11) is 0. The van der Waals surface area contributed by atoms with Gasteiger partial charge in [-0.15, -0.1) is 0 Å². The van der Waals surface area contributed by atoms with Gasteiger partial charge in [0.1, 0.15) is 5.78 Å². The van der Waals surface area contributed by atoms with Crippen molar-refractivity contribution in [3.63, 3.8) is 0 Å². The van der Waals surface area contributed by atoms with E-state index in [1.807, 2.05) is 24.3 Å². The Bertz CT molecular complexity index is 1240. The first-order valence-corrected chi connectivity index (χ1v) is 13.6. The van der Waals surface area contributed by atoms with Crippen LogP contribution in [0.15, 0.2) is 35.5 Å². The maximum atomic E-state index is 13.3. The predicted octanol–water partition coefficient (Wildman–Crippen LogP) is 1.23. The number of nitrogens with one attached hydrogen (secondary N) is 2. The number of guanidine groups is 1. The van der Waals surface area contributed by atoms with Crippen LogP contribution in [0, 0.1) is 5.92 Å². The minimum Gasteiger partial charge on any atom is -0.481 e. The fourth-order valence-corrected chi connectivity index (χ4v) is 4.52. The number of aromatic amines is 1. The lowest BCUT2D eigenvalue weighted by molar-refractivity contribution is -0.144. The number of aromatic nitrogens is 1. The van der Waals surface area contributed by atoms with Gasteiger partial charge in [-0.1, -0.05) is 18.2 Å². The second-order valence-corrected chi connectivity index (χ2v) is 10.1. The fourth-order valence-electron chi connectivity index (χ4n) is 4.52. The predicted molar refractivity (Wildman–Crippen MR) is 153 cm³/mol. The van der Waals surface area contributed by atoms with Crippen LogP contribution >= 0.6 is 0 Å². The minimum absolute atomic E-state index is 0.00990. The molecule has 2 rings (SSSR count). The first kappa shape index (κ1) is 32.9. The van der Waals surface area contributed by atoms with E-state index in [0.717, 1.165) is 16.5 Å². The Balaban J connectivity index is 2.03. The largest absolute Gasteiger partial charge is 0.481 e. The van der Waals surface area contributed by atoms with Gasteiger partial charge in [-0.25, -0.2) is 0 Å². The number of Topliss-reactive ketones (excluding diaryl/α,β-unsaturated/α-hetero) is 2. The van der Waals surface area contributed by atoms with Crippen molar-refractivity contribution in [1.82, 2.24) is 10.3 Å². The summed E-state index contributed by atoms with van der Waals surface area (Å²) in [5.41, 5.74) is 18.4. The summed E-state index contributed by atoms with van der Waals surface area (Å²) in [4.78, 5) is 67.7. The van der Waals surface area contributed by atoms with Crippen LogP contribution < -0.4 is 22.5 Å². The lowest BCUT2D eigenvalue weighted by atomic mass is 9.92. The van der Waals surface area contributed by atoms with Gasteiger partial charge in [-0.2, -0.15) is 0 Å². The Hall–Kier alpha value is -4.26. The third-order valence-electron chi connectivity index (χ3n) is 6.75. The molecule has 0 fully saturated rings. The molecule has 1 amide bonds. The first-order chi connectivity index (χ1) is 19.5. The molecule has 0 radical (unpaired) electrons. The number of carbonyl (C=O) groups is 5. The van der Waals surface area contributed by atoms with Crippen LogP contribution in [-0.4, -0.2) is 69.2 Å². The van der Waals surface area contributed by atoms with Gasteiger partial charge in [0.05, 0.1) is 18.0 Å². The van der Waals surface area contributed by atoms with E-state index < -0.39 is 35.8 Å². The Kier molecular flexibility index (Phi) is 13.5. The summed E-state index contributed by atoms with van der Waals surface area (Å²) in [5, 5.41) is 21.9. The summed E-state index contributed by atoms with van der Waals surface area (Å²) in [5.74, 6) is -4.33. The minimum atomic E-state index is -1.15. The number of fused-ring (bicyclic) bond motifs is 1. The van der Waals surface area contributed by atoms with Gasteiger partial charge in [0.15, 0.2) is 11.7 Å². The van der Waals surface area contributed by atoms with E-state index in [4.69, 9.17) is 22.3 Å². The first-order valence-electron chi connectivity index (χ1n) is 13.6. The molecule has 13 heteroatoms. The van der Waals surface area contributed by atoms with Crippen LogP contribution in [0.1, 0.15) is 63.4 Å². The number of hydrogen-bond donors (Lipinski definition) is 7. The van der Waals surface area contributed by atoms with Crippen molar-refractivity contribution in [2.75, 3.05) is 6.54 Å².